The van der Waals surface area contributed by atoms with Gasteiger partial charge in [0.05, 0.1) is 6.42 Å². The van der Waals surface area contributed by atoms with Crippen LogP contribution in [0.1, 0.15) is 30.9 Å². The SMILES string of the molecule is CNC(=O)Cc1ccc(NC(=O)COc2ccc(Br)cc2C(C)C)cc1. The van der Waals surface area contributed by atoms with Crippen LogP contribution >= 0.6 is 15.9 Å². The number of amides is 2. The maximum absolute atomic E-state index is 12.1. The smallest absolute Gasteiger partial charge is 0.262 e. The Hall–Kier alpha value is -2.34. The van der Waals surface area contributed by atoms with Gasteiger partial charge in [-0.25, -0.2) is 0 Å². The lowest BCUT2D eigenvalue weighted by Crippen LogP contribution is -2.21. The monoisotopic (exact) mass is 418 g/mol. The first kappa shape index (κ1) is 20.0. The summed E-state index contributed by atoms with van der Waals surface area (Å²) in [6.45, 7) is 4.09. The van der Waals surface area contributed by atoms with Gasteiger partial charge in [0.15, 0.2) is 6.61 Å². The molecule has 0 aromatic heterocycles. The highest BCUT2D eigenvalue weighted by molar-refractivity contribution is 9.10. The van der Waals surface area contributed by atoms with Crippen molar-refractivity contribution in [3.8, 4) is 5.75 Å². The van der Waals surface area contributed by atoms with Crippen molar-refractivity contribution in [3.63, 3.8) is 0 Å². The summed E-state index contributed by atoms with van der Waals surface area (Å²) in [6, 6.07) is 12.9. The minimum atomic E-state index is -0.235. The lowest BCUT2D eigenvalue weighted by Gasteiger charge is -2.14. The molecule has 0 bridgehead atoms. The van der Waals surface area contributed by atoms with Crippen LogP contribution in [0.15, 0.2) is 46.9 Å². The van der Waals surface area contributed by atoms with E-state index in [1.807, 2.05) is 30.3 Å². The quantitative estimate of drug-likeness (QED) is 0.716. The van der Waals surface area contributed by atoms with Crippen molar-refractivity contribution < 1.29 is 14.3 Å². The number of nitrogens with one attached hydrogen (secondary N) is 2. The van der Waals surface area contributed by atoms with Crippen molar-refractivity contribution in [2.45, 2.75) is 26.2 Å². The number of carbonyl (C=O) groups is 2. The van der Waals surface area contributed by atoms with Gasteiger partial charge in [0.25, 0.3) is 5.91 Å². The van der Waals surface area contributed by atoms with Crippen LogP contribution in [0, 0.1) is 0 Å². The lowest BCUT2D eigenvalue weighted by atomic mass is 10.0. The molecule has 0 radical (unpaired) electrons. The van der Waals surface area contributed by atoms with E-state index in [-0.39, 0.29) is 18.4 Å². The molecular formula is C20H23BrN2O3. The number of benzene rings is 2. The Kier molecular flexibility index (Phi) is 7.21. The van der Waals surface area contributed by atoms with E-state index in [1.165, 1.54) is 0 Å². The van der Waals surface area contributed by atoms with Crippen LogP contribution in [0.3, 0.4) is 0 Å². The third-order valence-corrected chi connectivity index (χ3v) is 4.33. The van der Waals surface area contributed by atoms with Crippen LogP contribution in [0.2, 0.25) is 0 Å². The maximum atomic E-state index is 12.1. The number of carbonyl (C=O) groups excluding carboxylic acids is 2. The molecule has 0 aliphatic rings. The molecule has 0 saturated heterocycles. The fraction of sp³-hybridized carbons (Fsp3) is 0.300. The van der Waals surface area contributed by atoms with Crippen LogP contribution in [0.25, 0.3) is 0 Å². The summed E-state index contributed by atoms with van der Waals surface area (Å²) in [5.41, 5.74) is 2.60. The molecule has 0 aliphatic carbocycles. The van der Waals surface area contributed by atoms with Gasteiger partial charge in [0, 0.05) is 17.2 Å². The minimum Gasteiger partial charge on any atom is -0.483 e. The molecule has 0 unspecified atom stereocenters. The molecule has 2 aromatic carbocycles. The summed E-state index contributed by atoms with van der Waals surface area (Å²) in [6.07, 6.45) is 0.315. The van der Waals surface area contributed by atoms with Gasteiger partial charge in [-0.2, -0.15) is 0 Å². The maximum Gasteiger partial charge on any atom is 0.262 e. The van der Waals surface area contributed by atoms with E-state index < -0.39 is 0 Å². The summed E-state index contributed by atoms with van der Waals surface area (Å²) >= 11 is 3.45. The summed E-state index contributed by atoms with van der Waals surface area (Å²) in [4.78, 5) is 23.5. The second-order valence-corrected chi connectivity index (χ2v) is 7.14. The molecule has 2 N–H and O–H groups in total. The van der Waals surface area contributed by atoms with E-state index in [0.29, 0.717) is 23.8 Å². The van der Waals surface area contributed by atoms with Crippen LogP contribution in [-0.4, -0.2) is 25.5 Å². The van der Waals surface area contributed by atoms with E-state index >= 15 is 0 Å². The highest BCUT2D eigenvalue weighted by Gasteiger charge is 2.11. The second-order valence-electron chi connectivity index (χ2n) is 6.22. The van der Waals surface area contributed by atoms with Crippen molar-refractivity contribution in [2.24, 2.45) is 0 Å². The Morgan fingerprint density at radius 2 is 1.77 bits per heavy atom. The van der Waals surface area contributed by atoms with Crippen molar-refractivity contribution in [2.75, 3.05) is 19.0 Å². The highest BCUT2D eigenvalue weighted by Crippen LogP contribution is 2.29. The molecule has 0 fully saturated rings. The van der Waals surface area contributed by atoms with Crippen molar-refractivity contribution in [3.05, 3.63) is 58.1 Å². The van der Waals surface area contributed by atoms with E-state index in [0.717, 1.165) is 15.6 Å². The first-order valence-electron chi connectivity index (χ1n) is 8.40. The zero-order valence-electron chi connectivity index (χ0n) is 15.1. The Balaban J connectivity index is 1.92. The number of likely N-dealkylation sites (N-methyl/N-ethyl adjacent to an activating group) is 1. The van der Waals surface area contributed by atoms with Gasteiger partial charge >= 0.3 is 0 Å². The molecule has 0 saturated carbocycles. The fourth-order valence-corrected chi connectivity index (χ4v) is 2.80. The molecular weight excluding hydrogens is 396 g/mol. The number of rotatable bonds is 7. The Bertz CT molecular complexity index is 773. The van der Waals surface area contributed by atoms with E-state index in [4.69, 9.17) is 4.74 Å². The third-order valence-electron chi connectivity index (χ3n) is 3.83. The van der Waals surface area contributed by atoms with Gasteiger partial charge in [-0.15, -0.1) is 0 Å². The van der Waals surface area contributed by atoms with Crippen molar-refractivity contribution in [1.82, 2.24) is 5.32 Å². The standard InChI is InChI=1S/C20H23BrN2O3/c1-13(2)17-11-15(21)6-9-18(17)26-12-20(25)23-16-7-4-14(5-8-16)10-19(24)22-3/h4-9,11,13H,10,12H2,1-3H3,(H,22,24)(H,23,25). The van der Waals surface area contributed by atoms with Gasteiger partial charge in [-0.3, -0.25) is 9.59 Å². The summed E-state index contributed by atoms with van der Waals surface area (Å²) in [5, 5.41) is 5.37. The minimum absolute atomic E-state index is 0.0503. The molecule has 0 aliphatic heterocycles. The molecule has 2 amide bonds. The number of ether oxygens (including phenoxy) is 1. The normalized spacial score (nSPS) is 10.5. The number of anilines is 1. The predicted molar refractivity (Wildman–Crippen MR) is 107 cm³/mol. The van der Waals surface area contributed by atoms with Gasteiger partial charge < -0.3 is 15.4 Å². The van der Waals surface area contributed by atoms with Gasteiger partial charge in [-0.05, 0) is 47.4 Å². The fourth-order valence-electron chi connectivity index (χ4n) is 2.42. The largest absolute Gasteiger partial charge is 0.483 e. The molecule has 26 heavy (non-hydrogen) atoms. The predicted octanol–water partition coefficient (Wildman–Crippen LogP) is 3.88. The molecule has 5 nitrogen and oxygen atoms in total. The first-order chi connectivity index (χ1) is 12.4. The van der Waals surface area contributed by atoms with E-state index in [9.17, 15) is 9.59 Å². The average Bonchev–Trinajstić information content (AvgIpc) is 2.62. The summed E-state index contributed by atoms with van der Waals surface area (Å²) in [7, 11) is 1.60. The van der Waals surface area contributed by atoms with Gasteiger partial charge in [0.2, 0.25) is 5.91 Å². The Labute approximate surface area is 162 Å². The van der Waals surface area contributed by atoms with Crippen LogP contribution in [0.4, 0.5) is 5.69 Å². The Morgan fingerprint density at radius 1 is 1.08 bits per heavy atom. The van der Waals surface area contributed by atoms with E-state index in [1.54, 1.807) is 19.2 Å². The van der Waals surface area contributed by atoms with E-state index in [2.05, 4.69) is 40.4 Å². The third kappa shape index (κ3) is 5.88. The molecule has 0 heterocycles. The molecule has 0 atom stereocenters. The van der Waals surface area contributed by atoms with Crippen molar-refractivity contribution in [1.29, 1.82) is 0 Å². The molecule has 0 spiro atoms. The van der Waals surface area contributed by atoms with Gasteiger partial charge in [-0.1, -0.05) is 41.9 Å². The lowest BCUT2D eigenvalue weighted by molar-refractivity contribution is -0.120. The summed E-state index contributed by atoms with van der Waals surface area (Å²) < 4.78 is 6.67. The number of hydrogen-bond acceptors (Lipinski definition) is 3. The summed E-state index contributed by atoms with van der Waals surface area (Å²) in [5.74, 6) is 0.713. The Morgan fingerprint density at radius 3 is 2.38 bits per heavy atom. The first-order valence-corrected chi connectivity index (χ1v) is 9.20. The molecule has 138 valence electrons. The highest BCUT2D eigenvalue weighted by atomic mass is 79.9. The molecule has 2 rings (SSSR count). The van der Waals surface area contributed by atoms with Crippen molar-refractivity contribution >= 4 is 33.4 Å². The number of halogens is 1. The molecule has 6 heteroatoms. The zero-order chi connectivity index (χ0) is 19.1. The van der Waals surface area contributed by atoms with Crippen LogP contribution < -0.4 is 15.4 Å². The zero-order valence-corrected chi connectivity index (χ0v) is 16.7. The topological polar surface area (TPSA) is 67.4 Å². The number of hydrogen-bond donors (Lipinski definition) is 2. The average molecular weight is 419 g/mol. The van der Waals surface area contributed by atoms with Gasteiger partial charge in [0.1, 0.15) is 5.75 Å². The second kappa shape index (κ2) is 9.38. The molecule has 2 aromatic rings. The van der Waals surface area contributed by atoms with Crippen LogP contribution in [0.5, 0.6) is 5.75 Å². The van der Waals surface area contributed by atoms with Crippen LogP contribution in [-0.2, 0) is 16.0 Å².